The van der Waals surface area contributed by atoms with Crippen LogP contribution in [0.2, 0.25) is 0 Å². The third-order valence-corrected chi connectivity index (χ3v) is 2.39. The first-order chi connectivity index (χ1) is 7.61. The van der Waals surface area contributed by atoms with E-state index < -0.39 is 23.9 Å². The second-order valence-corrected chi connectivity index (χ2v) is 3.47. The van der Waals surface area contributed by atoms with Gasteiger partial charge in [0, 0.05) is 0 Å². The average molecular weight is 229 g/mol. The maximum Gasteiger partial charge on any atom is 0.416 e. The fourth-order valence-electron chi connectivity index (χ4n) is 1.55. The molecule has 0 aliphatic carbocycles. The van der Waals surface area contributed by atoms with Gasteiger partial charge < -0.3 is 9.47 Å². The normalized spacial score (nSPS) is 16.9. The first-order valence-corrected chi connectivity index (χ1v) is 5.17. The quantitative estimate of drug-likeness (QED) is 0.520. The monoisotopic (exact) mass is 229 g/mol. The molecule has 1 unspecified atom stereocenters. The van der Waals surface area contributed by atoms with Gasteiger partial charge in [-0.15, -0.1) is 0 Å². The number of imide groups is 1. The summed E-state index contributed by atoms with van der Waals surface area (Å²) in [6, 6.07) is 0. The summed E-state index contributed by atoms with van der Waals surface area (Å²) in [6.07, 6.45) is 0.346. The molecule has 90 valence electrons. The molecule has 0 bridgehead atoms. The Balaban J connectivity index is 2.73. The van der Waals surface area contributed by atoms with Gasteiger partial charge in [0.1, 0.15) is 12.5 Å². The number of methoxy groups -OCH3 is 1. The first-order valence-electron chi connectivity index (χ1n) is 5.17. The maximum atomic E-state index is 11.9. The van der Waals surface area contributed by atoms with Gasteiger partial charge in [0.15, 0.2) is 0 Å². The Labute approximate surface area is 93.5 Å². The van der Waals surface area contributed by atoms with Crippen LogP contribution in [0.3, 0.4) is 0 Å². The van der Waals surface area contributed by atoms with Crippen LogP contribution < -0.4 is 0 Å². The van der Waals surface area contributed by atoms with Crippen molar-refractivity contribution in [3.63, 3.8) is 0 Å². The molecular formula is C10H15NO5. The van der Waals surface area contributed by atoms with E-state index in [4.69, 9.17) is 0 Å². The number of carbonyl (C=O) groups excluding carboxylic acids is 3. The van der Waals surface area contributed by atoms with E-state index in [-0.39, 0.29) is 13.2 Å². The Bertz CT molecular complexity index is 302. The highest BCUT2D eigenvalue weighted by Gasteiger charge is 2.37. The third-order valence-electron chi connectivity index (χ3n) is 2.39. The molecule has 0 radical (unpaired) electrons. The summed E-state index contributed by atoms with van der Waals surface area (Å²) >= 11 is 0. The minimum Gasteiger partial charge on any atom is -0.468 e. The second kappa shape index (κ2) is 5.48. The van der Waals surface area contributed by atoms with Gasteiger partial charge in [-0.1, -0.05) is 13.3 Å². The third kappa shape index (κ3) is 2.50. The lowest BCUT2D eigenvalue weighted by atomic mass is 10.0. The molecule has 0 N–H and O–H groups in total. The summed E-state index contributed by atoms with van der Waals surface area (Å²) in [5.41, 5.74) is 0. The van der Waals surface area contributed by atoms with Crippen molar-refractivity contribution in [2.75, 3.05) is 20.3 Å². The van der Waals surface area contributed by atoms with Crippen LogP contribution >= 0.6 is 0 Å². The van der Waals surface area contributed by atoms with Gasteiger partial charge in [-0.3, -0.25) is 9.59 Å². The van der Waals surface area contributed by atoms with Crippen LogP contribution in [0.4, 0.5) is 4.79 Å². The van der Waals surface area contributed by atoms with E-state index in [1.165, 1.54) is 7.11 Å². The lowest BCUT2D eigenvalue weighted by Crippen LogP contribution is -2.40. The molecule has 0 saturated carbocycles. The van der Waals surface area contributed by atoms with Crippen molar-refractivity contribution in [2.45, 2.75) is 19.8 Å². The van der Waals surface area contributed by atoms with Crippen LogP contribution in [0.15, 0.2) is 0 Å². The first kappa shape index (κ1) is 12.5. The summed E-state index contributed by atoms with van der Waals surface area (Å²) in [5, 5.41) is 0. The number of carbonyl (C=O) groups is 3. The molecule has 6 heteroatoms. The summed E-state index contributed by atoms with van der Waals surface area (Å²) in [6.45, 7) is 2.24. The Morgan fingerprint density at radius 1 is 1.56 bits per heavy atom. The van der Waals surface area contributed by atoms with Gasteiger partial charge in [-0.2, -0.15) is 0 Å². The molecule has 1 atom stereocenters. The summed E-state index contributed by atoms with van der Waals surface area (Å²) in [5.74, 6) is -2.04. The fraction of sp³-hybridized carbons (Fsp3) is 0.700. The summed E-state index contributed by atoms with van der Waals surface area (Å²) in [4.78, 5) is 35.4. The minimum absolute atomic E-state index is 0.185. The Morgan fingerprint density at radius 3 is 2.69 bits per heavy atom. The summed E-state index contributed by atoms with van der Waals surface area (Å²) < 4.78 is 9.18. The predicted molar refractivity (Wildman–Crippen MR) is 53.5 cm³/mol. The SMILES string of the molecule is CCCC(C(=O)OC)C(=O)N1CCOC1=O. The van der Waals surface area contributed by atoms with Crippen LogP contribution in [-0.2, 0) is 19.1 Å². The second-order valence-electron chi connectivity index (χ2n) is 3.47. The van der Waals surface area contributed by atoms with Gasteiger partial charge in [-0.05, 0) is 6.42 Å². The van der Waals surface area contributed by atoms with Gasteiger partial charge >= 0.3 is 12.1 Å². The fourth-order valence-corrected chi connectivity index (χ4v) is 1.55. The molecule has 2 amide bonds. The number of cyclic esters (lactones) is 1. The highest BCUT2D eigenvalue weighted by Crippen LogP contribution is 2.15. The zero-order chi connectivity index (χ0) is 12.1. The number of hydrogen-bond acceptors (Lipinski definition) is 5. The molecule has 1 rings (SSSR count). The molecule has 16 heavy (non-hydrogen) atoms. The van der Waals surface area contributed by atoms with Crippen molar-refractivity contribution in [3.8, 4) is 0 Å². The smallest absolute Gasteiger partial charge is 0.416 e. The average Bonchev–Trinajstić information content (AvgIpc) is 2.70. The number of nitrogens with zero attached hydrogens (tertiary/aromatic N) is 1. The number of esters is 1. The number of ether oxygens (including phenoxy) is 2. The van der Waals surface area contributed by atoms with Crippen molar-refractivity contribution >= 4 is 18.0 Å². The van der Waals surface area contributed by atoms with E-state index in [1.807, 2.05) is 6.92 Å². The highest BCUT2D eigenvalue weighted by molar-refractivity contribution is 6.04. The number of amides is 2. The minimum atomic E-state index is -0.902. The molecule has 0 spiro atoms. The number of hydrogen-bond donors (Lipinski definition) is 0. The Kier molecular flexibility index (Phi) is 4.28. The molecule has 1 saturated heterocycles. The van der Waals surface area contributed by atoms with E-state index in [0.717, 1.165) is 4.90 Å². The topological polar surface area (TPSA) is 72.9 Å². The van der Waals surface area contributed by atoms with E-state index in [1.54, 1.807) is 0 Å². The van der Waals surface area contributed by atoms with Crippen molar-refractivity contribution in [3.05, 3.63) is 0 Å². The van der Waals surface area contributed by atoms with Crippen LogP contribution in [-0.4, -0.2) is 43.1 Å². The van der Waals surface area contributed by atoms with Crippen LogP contribution in [0, 0.1) is 5.92 Å². The Morgan fingerprint density at radius 2 is 2.25 bits per heavy atom. The highest BCUT2D eigenvalue weighted by atomic mass is 16.6. The van der Waals surface area contributed by atoms with Crippen molar-refractivity contribution < 1.29 is 23.9 Å². The molecule has 1 fully saturated rings. The molecule has 0 aromatic heterocycles. The van der Waals surface area contributed by atoms with Crippen LogP contribution in [0.25, 0.3) is 0 Å². The van der Waals surface area contributed by atoms with Gasteiger partial charge in [0.05, 0.1) is 13.7 Å². The molecule has 0 aromatic rings. The predicted octanol–water partition coefficient (Wildman–Crippen LogP) is 0.554. The van der Waals surface area contributed by atoms with E-state index in [9.17, 15) is 14.4 Å². The zero-order valence-electron chi connectivity index (χ0n) is 9.39. The molecule has 1 heterocycles. The summed E-state index contributed by atoms with van der Waals surface area (Å²) in [7, 11) is 1.22. The van der Waals surface area contributed by atoms with Crippen molar-refractivity contribution in [1.82, 2.24) is 4.90 Å². The van der Waals surface area contributed by atoms with Crippen LogP contribution in [0.5, 0.6) is 0 Å². The molecular weight excluding hydrogens is 214 g/mol. The van der Waals surface area contributed by atoms with Crippen molar-refractivity contribution in [1.29, 1.82) is 0 Å². The number of rotatable bonds is 4. The van der Waals surface area contributed by atoms with E-state index >= 15 is 0 Å². The molecule has 6 nitrogen and oxygen atoms in total. The van der Waals surface area contributed by atoms with Gasteiger partial charge in [0.25, 0.3) is 0 Å². The maximum absolute atomic E-state index is 11.9. The lowest BCUT2D eigenvalue weighted by molar-refractivity contribution is -0.152. The van der Waals surface area contributed by atoms with Gasteiger partial charge in [0.2, 0.25) is 5.91 Å². The lowest BCUT2D eigenvalue weighted by Gasteiger charge is -2.17. The molecule has 1 aliphatic rings. The largest absolute Gasteiger partial charge is 0.468 e. The van der Waals surface area contributed by atoms with E-state index in [0.29, 0.717) is 12.8 Å². The van der Waals surface area contributed by atoms with Gasteiger partial charge in [-0.25, -0.2) is 9.69 Å². The molecule has 0 aromatic carbocycles. The van der Waals surface area contributed by atoms with Crippen molar-refractivity contribution in [2.24, 2.45) is 5.92 Å². The van der Waals surface area contributed by atoms with E-state index in [2.05, 4.69) is 9.47 Å². The Hall–Kier alpha value is -1.59. The zero-order valence-corrected chi connectivity index (χ0v) is 9.39. The molecule has 1 aliphatic heterocycles. The van der Waals surface area contributed by atoms with Crippen LogP contribution in [0.1, 0.15) is 19.8 Å². The standard InChI is InChI=1S/C10H15NO5/c1-3-4-7(9(13)15-2)8(12)11-5-6-16-10(11)14/h7H,3-6H2,1-2H3.